The monoisotopic (exact) mass is 228 g/mol. The molecule has 2 rings (SSSR count). The van der Waals surface area contributed by atoms with Crippen LogP contribution in [0.3, 0.4) is 0 Å². The first-order valence-electron chi connectivity index (χ1n) is 5.57. The molecule has 0 spiro atoms. The second kappa shape index (κ2) is 4.53. The Morgan fingerprint density at radius 1 is 1.00 bits per heavy atom. The minimum atomic E-state index is 0.787. The van der Waals surface area contributed by atoms with Gasteiger partial charge in [0.25, 0.3) is 0 Å². The molecule has 2 aromatic rings. The SMILES string of the molecule is COc1ccc(-c2ccnc(C)n2)c(C)c1C. The van der Waals surface area contributed by atoms with Crippen molar-refractivity contribution in [3.8, 4) is 17.0 Å². The van der Waals surface area contributed by atoms with Crippen molar-refractivity contribution in [1.29, 1.82) is 0 Å². The molecule has 1 aromatic heterocycles. The van der Waals surface area contributed by atoms with E-state index in [2.05, 4.69) is 23.8 Å². The minimum absolute atomic E-state index is 0.787. The van der Waals surface area contributed by atoms with Crippen LogP contribution in [0.2, 0.25) is 0 Å². The quantitative estimate of drug-likeness (QED) is 0.792. The number of hydrogen-bond acceptors (Lipinski definition) is 3. The summed E-state index contributed by atoms with van der Waals surface area (Å²) >= 11 is 0. The molecule has 0 aliphatic heterocycles. The Hall–Kier alpha value is -1.90. The van der Waals surface area contributed by atoms with Crippen molar-refractivity contribution in [3.63, 3.8) is 0 Å². The number of aryl methyl sites for hydroxylation is 1. The second-order valence-electron chi connectivity index (χ2n) is 4.05. The molecule has 0 aliphatic rings. The van der Waals surface area contributed by atoms with E-state index in [9.17, 15) is 0 Å². The van der Waals surface area contributed by atoms with E-state index in [0.29, 0.717) is 0 Å². The van der Waals surface area contributed by atoms with Gasteiger partial charge in [0, 0.05) is 11.8 Å². The molecule has 3 heteroatoms. The number of rotatable bonds is 2. The van der Waals surface area contributed by atoms with Crippen molar-refractivity contribution in [2.75, 3.05) is 7.11 Å². The minimum Gasteiger partial charge on any atom is -0.496 e. The van der Waals surface area contributed by atoms with E-state index in [-0.39, 0.29) is 0 Å². The lowest BCUT2D eigenvalue weighted by molar-refractivity contribution is 0.411. The molecule has 0 unspecified atom stereocenters. The molecule has 0 N–H and O–H groups in total. The summed E-state index contributed by atoms with van der Waals surface area (Å²) in [5.41, 5.74) is 4.44. The van der Waals surface area contributed by atoms with E-state index in [0.717, 1.165) is 28.4 Å². The van der Waals surface area contributed by atoms with Gasteiger partial charge in [0.1, 0.15) is 11.6 Å². The molecule has 0 saturated heterocycles. The highest BCUT2D eigenvalue weighted by Crippen LogP contribution is 2.29. The number of ether oxygens (including phenoxy) is 1. The zero-order chi connectivity index (χ0) is 12.4. The maximum absolute atomic E-state index is 5.31. The van der Waals surface area contributed by atoms with Crippen molar-refractivity contribution in [2.45, 2.75) is 20.8 Å². The molecule has 1 heterocycles. The summed E-state index contributed by atoms with van der Waals surface area (Å²) in [6, 6.07) is 5.96. The molecule has 88 valence electrons. The van der Waals surface area contributed by atoms with Gasteiger partial charge in [-0.1, -0.05) is 0 Å². The maximum Gasteiger partial charge on any atom is 0.125 e. The molecule has 0 aliphatic carbocycles. The largest absolute Gasteiger partial charge is 0.496 e. The van der Waals surface area contributed by atoms with E-state index >= 15 is 0 Å². The number of methoxy groups -OCH3 is 1. The normalized spacial score (nSPS) is 10.4. The third-order valence-electron chi connectivity index (χ3n) is 3.01. The van der Waals surface area contributed by atoms with Gasteiger partial charge in [0.05, 0.1) is 12.8 Å². The Bertz CT molecular complexity index is 550. The van der Waals surface area contributed by atoms with Crippen molar-refractivity contribution in [3.05, 3.63) is 41.3 Å². The van der Waals surface area contributed by atoms with Gasteiger partial charge in [0.2, 0.25) is 0 Å². The first-order valence-corrected chi connectivity index (χ1v) is 5.57. The van der Waals surface area contributed by atoms with Crippen LogP contribution in [0.5, 0.6) is 5.75 Å². The maximum atomic E-state index is 5.31. The molecule has 0 atom stereocenters. The fraction of sp³-hybridized carbons (Fsp3) is 0.286. The number of aromatic nitrogens is 2. The van der Waals surface area contributed by atoms with Crippen LogP contribution in [-0.2, 0) is 0 Å². The summed E-state index contributed by atoms with van der Waals surface area (Å²) in [7, 11) is 1.69. The first-order chi connectivity index (χ1) is 8.13. The van der Waals surface area contributed by atoms with Crippen LogP contribution in [0.25, 0.3) is 11.3 Å². The van der Waals surface area contributed by atoms with E-state index < -0.39 is 0 Å². The summed E-state index contributed by atoms with van der Waals surface area (Å²) in [5, 5.41) is 0. The van der Waals surface area contributed by atoms with Gasteiger partial charge < -0.3 is 4.74 Å². The molecule has 0 amide bonds. The van der Waals surface area contributed by atoms with Gasteiger partial charge in [-0.2, -0.15) is 0 Å². The van der Waals surface area contributed by atoms with Gasteiger partial charge in [-0.05, 0) is 50.1 Å². The van der Waals surface area contributed by atoms with Crippen molar-refractivity contribution < 1.29 is 4.74 Å². The molecule has 3 nitrogen and oxygen atoms in total. The lowest BCUT2D eigenvalue weighted by atomic mass is 10.00. The van der Waals surface area contributed by atoms with Crippen LogP contribution in [-0.4, -0.2) is 17.1 Å². The predicted molar refractivity (Wildman–Crippen MR) is 68.2 cm³/mol. The number of hydrogen-bond donors (Lipinski definition) is 0. The van der Waals surface area contributed by atoms with Gasteiger partial charge in [-0.15, -0.1) is 0 Å². The first kappa shape index (κ1) is 11.6. The lowest BCUT2D eigenvalue weighted by Crippen LogP contribution is -1.95. The van der Waals surface area contributed by atoms with Crippen molar-refractivity contribution >= 4 is 0 Å². The summed E-state index contributed by atoms with van der Waals surface area (Å²) in [6.45, 7) is 6.05. The Balaban J connectivity index is 2.57. The van der Waals surface area contributed by atoms with Crippen LogP contribution in [0.1, 0.15) is 17.0 Å². The zero-order valence-electron chi connectivity index (χ0n) is 10.6. The molecule has 0 bridgehead atoms. The van der Waals surface area contributed by atoms with Gasteiger partial charge >= 0.3 is 0 Å². The Labute approximate surface area is 102 Å². The molecule has 0 fully saturated rings. The summed E-state index contributed by atoms with van der Waals surface area (Å²) < 4.78 is 5.31. The van der Waals surface area contributed by atoms with Crippen LogP contribution in [0, 0.1) is 20.8 Å². The zero-order valence-corrected chi connectivity index (χ0v) is 10.6. The average molecular weight is 228 g/mol. The molecule has 0 saturated carbocycles. The lowest BCUT2D eigenvalue weighted by Gasteiger charge is -2.12. The fourth-order valence-electron chi connectivity index (χ4n) is 1.90. The molecule has 1 aromatic carbocycles. The molecular formula is C14H16N2O. The van der Waals surface area contributed by atoms with E-state index in [1.807, 2.05) is 25.1 Å². The number of nitrogens with zero attached hydrogens (tertiary/aromatic N) is 2. The average Bonchev–Trinajstić information content (AvgIpc) is 2.32. The summed E-state index contributed by atoms with van der Waals surface area (Å²) in [4.78, 5) is 8.56. The van der Waals surface area contributed by atoms with Crippen LogP contribution >= 0.6 is 0 Å². The Kier molecular flexibility index (Phi) is 3.09. The van der Waals surface area contributed by atoms with Gasteiger partial charge in [-0.3, -0.25) is 0 Å². The fourth-order valence-corrected chi connectivity index (χ4v) is 1.90. The standard InChI is InChI=1S/C14H16N2O/c1-9-10(2)14(17-4)6-5-12(9)13-7-8-15-11(3)16-13/h5-8H,1-4H3. The number of benzene rings is 1. The third kappa shape index (κ3) is 2.13. The Morgan fingerprint density at radius 3 is 2.41 bits per heavy atom. The van der Waals surface area contributed by atoms with Crippen LogP contribution in [0.4, 0.5) is 0 Å². The second-order valence-corrected chi connectivity index (χ2v) is 4.05. The van der Waals surface area contributed by atoms with Gasteiger partial charge in [-0.25, -0.2) is 9.97 Å². The third-order valence-corrected chi connectivity index (χ3v) is 3.01. The van der Waals surface area contributed by atoms with E-state index in [1.54, 1.807) is 13.3 Å². The van der Waals surface area contributed by atoms with Crippen molar-refractivity contribution in [2.24, 2.45) is 0 Å². The van der Waals surface area contributed by atoms with E-state index in [1.165, 1.54) is 5.56 Å². The predicted octanol–water partition coefficient (Wildman–Crippen LogP) is 3.08. The van der Waals surface area contributed by atoms with E-state index in [4.69, 9.17) is 4.74 Å². The summed E-state index contributed by atoms with van der Waals surface area (Å²) in [5.74, 6) is 1.70. The highest BCUT2D eigenvalue weighted by molar-refractivity contribution is 5.66. The van der Waals surface area contributed by atoms with Crippen molar-refractivity contribution in [1.82, 2.24) is 9.97 Å². The smallest absolute Gasteiger partial charge is 0.125 e. The van der Waals surface area contributed by atoms with Crippen LogP contribution < -0.4 is 4.74 Å². The highest BCUT2D eigenvalue weighted by Gasteiger charge is 2.09. The highest BCUT2D eigenvalue weighted by atomic mass is 16.5. The molecular weight excluding hydrogens is 212 g/mol. The van der Waals surface area contributed by atoms with Gasteiger partial charge in [0.15, 0.2) is 0 Å². The Morgan fingerprint density at radius 2 is 1.76 bits per heavy atom. The topological polar surface area (TPSA) is 35.0 Å². The molecule has 17 heavy (non-hydrogen) atoms. The summed E-state index contributed by atoms with van der Waals surface area (Å²) in [6.07, 6.45) is 1.79. The molecule has 0 radical (unpaired) electrons. The van der Waals surface area contributed by atoms with Crippen LogP contribution in [0.15, 0.2) is 24.4 Å².